The average molecular weight is 329 g/mol. The maximum atomic E-state index is 11.7. The van der Waals surface area contributed by atoms with Crippen LogP contribution in [0.15, 0.2) is 29.2 Å². The molecule has 1 aromatic carbocycles. The summed E-state index contributed by atoms with van der Waals surface area (Å²) in [6.45, 7) is 0. The van der Waals surface area contributed by atoms with Crippen LogP contribution in [0.1, 0.15) is 6.42 Å². The lowest BCUT2D eigenvalue weighted by atomic mass is 10.2. The number of thioether (sulfide) groups is 1. The van der Waals surface area contributed by atoms with Gasteiger partial charge in [0, 0.05) is 12.1 Å². The first kappa shape index (κ1) is 15.5. The van der Waals surface area contributed by atoms with Gasteiger partial charge in [0.15, 0.2) is 0 Å². The lowest BCUT2D eigenvalue weighted by Gasteiger charge is -2.07. The fourth-order valence-corrected chi connectivity index (χ4v) is 2.97. The Morgan fingerprint density at radius 2 is 1.90 bits per heavy atom. The molecule has 0 aliphatic carbocycles. The third-order valence-corrected chi connectivity index (χ3v) is 4.52. The summed E-state index contributed by atoms with van der Waals surface area (Å²) in [7, 11) is -3.79. The highest BCUT2D eigenvalue weighted by Crippen LogP contribution is 2.22. The van der Waals surface area contributed by atoms with E-state index in [4.69, 9.17) is 5.14 Å². The van der Waals surface area contributed by atoms with Crippen molar-refractivity contribution in [2.75, 3.05) is 5.32 Å². The molecule has 1 heterocycles. The number of imide groups is 1. The van der Waals surface area contributed by atoms with E-state index < -0.39 is 32.3 Å². The van der Waals surface area contributed by atoms with Crippen LogP contribution < -0.4 is 15.8 Å². The number of nitrogens with one attached hydrogen (secondary N) is 2. The van der Waals surface area contributed by atoms with Crippen LogP contribution in [-0.2, 0) is 19.6 Å². The third-order valence-electron chi connectivity index (χ3n) is 2.60. The first-order valence-corrected chi connectivity index (χ1v) is 8.12. The van der Waals surface area contributed by atoms with E-state index in [1.165, 1.54) is 24.3 Å². The molecule has 1 fully saturated rings. The zero-order chi connectivity index (χ0) is 15.6. The zero-order valence-electron chi connectivity index (χ0n) is 10.5. The Morgan fingerprint density at radius 1 is 1.29 bits per heavy atom. The van der Waals surface area contributed by atoms with E-state index in [2.05, 4.69) is 10.6 Å². The monoisotopic (exact) mass is 329 g/mol. The molecular weight excluding hydrogens is 318 g/mol. The average Bonchev–Trinajstić information content (AvgIpc) is 2.67. The van der Waals surface area contributed by atoms with Gasteiger partial charge in [-0.15, -0.1) is 0 Å². The highest BCUT2D eigenvalue weighted by Gasteiger charge is 2.33. The lowest BCUT2D eigenvalue weighted by Crippen LogP contribution is -2.27. The number of primary sulfonamides is 1. The zero-order valence-corrected chi connectivity index (χ0v) is 12.2. The molecule has 1 aromatic rings. The van der Waals surface area contributed by atoms with Crippen molar-refractivity contribution in [1.29, 1.82) is 0 Å². The van der Waals surface area contributed by atoms with Gasteiger partial charge < -0.3 is 5.32 Å². The van der Waals surface area contributed by atoms with Crippen LogP contribution in [0.3, 0.4) is 0 Å². The molecule has 1 aliphatic rings. The number of carbonyl (C=O) groups excluding carboxylic acids is 3. The molecule has 1 atom stereocenters. The lowest BCUT2D eigenvalue weighted by molar-refractivity contribution is -0.122. The smallest absolute Gasteiger partial charge is 0.286 e. The van der Waals surface area contributed by atoms with E-state index in [1.54, 1.807) is 0 Å². The summed E-state index contributed by atoms with van der Waals surface area (Å²) < 4.78 is 22.1. The van der Waals surface area contributed by atoms with Crippen molar-refractivity contribution in [3.05, 3.63) is 24.3 Å². The number of sulfonamides is 1. The fourth-order valence-electron chi connectivity index (χ4n) is 1.64. The van der Waals surface area contributed by atoms with Crippen molar-refractivity contribution >= 4 is 44.5 Å². The molecular formula is C11H11N3O5S2. The molecule has 4 N–H and O–H groups in total. The third kappa shape index (κ3) is 4.03. The van der Waals surface area contributed by atoms with Crippen molar-refractivity contribution in [2.45, 2.75) is 16.6 Å². The maximum absolute atomic E-state index is 11.7. The molecule has 2 rings (SSSR count). The normalized spacial score (nSPS) is 18.4. The molecule has 1 aliphatic heterocycles. The predicted octanol–water partition coefficient (Wildman–Crippen LogP) is 0.0142. The first-order chi connectivity index (χ1) is 9.75. The Morgan fingerprint density at radius 3 is 2.38 bits per heavy atom. The van der Waals surface area contributed by atoms with Crippen LogP contribution in [0.2, 0.25) is 0 Å². The number of amides is 3. The quantitative estimate of drug-likeness (QED) is 0.712. The molecule has 0 spiro atoms. The van der Waals surface area contributed by atoms with E-state index in [9.17, 15) is 22.8 Å². The second kappa shape index (κ2) is 5.84. The van der Waals surface area contributed by atoms with Crippen LogP contribution in [0.25, 0.3) is 0 Å². The van der Waals surface area contributed by atoms with Gasteiger partial charge in [-0.2, -0.15) is 0 Å². The molecule has 112 valence electrons. The van der Waals surface area contributed by atoms with Crippen LogP contribution in [0.5, 0.6) is 0 Å². The summed E-state index contributed by atoms with van der Waals surface area (Å²) in [5, 5.41) is 8.31. The van der Waals surface area contributed by atoms with Crippen molar-refractivity contribution < 1.29 is 22.8 Å². The van der Waals surface area contributed by atoms with Gasteiger partial charge in [0.05, 0.1) is 4.90 Å². The minimum Gasteiger partial charge on any atom is -0.326 e. The van der Waals surface area contributed by atoms with Crippen LogP contribution in [0, 0.1) is 0 Å². The van der Waals surface area contributed by atoms with E-state index in [0.29, 0.717) is 5.69 Å². The Labute approximate surface area is 124 Å². The van der Waals surface area contributed by atoms with Crippen LogP contribution in [-0.4, -0.2) is 30.7 Å². The molecule has 10 heteroatoms. The highest BCUT2D eigenvalue weighted by molar-refractivity contribution is 8.15. The number of rotatable bonds is 4. The second-order valence-corrected chi connectivity index (χ2v) is 6.94. The Kier molecular flexibility index (Phi) is 4.30. The number of hydrogen-bond donors (Lipinski definition) is 3. The Bertz CT molecular complexity index is 699. The highest BCUT2D eigenvalue weighted by atomic mass is 32.2. The van der Waals surface area contributed by atoms with Gasteiger partial charge in [0.25, 0.3) is 5.24 Å². The Balaban J connectivity index is 1.97. The number of nitrogens with two attached hydrogens (primary N) is 1. The molecule has 1 saturated heterocycles. The number of benzene rings is 1. The van der Waals surface area contributed by atoms with Gasteiger partial charge in [-0.1, -0.05) is 11.8 Å². The SMILES string of the molecule is NS(=O)(=O)c1ccc(NC(=O)C[C@@H]2SC(=O)NC2=O)cc1. The summed E-state index contributed by atoms with van der Waals surface area (Å²) in [5.41, 5.74) is 0.363. The summed E-state index contributed by atoms with van der Waals surface area (Å²) in [6.07, 6.45) is -0.154. The van der Waals surface area contributed by atoms with Crippen LogP contribution >= 0.6 is 11.8 Å². The van der Waals surface area contributed by atoms with Crippen molar-refractivity contribution in [3.8, 4) is 0 Å². The van der Waals surface area contributed by atoms with Crippen molar-refractivity contribution in [1.82, 2.24) is 5.32 Å². The van der Waals surface area contributed by atoms with Gasteiger partial charge in [-0.3, -0.25) is 19.7 Å². The first-order valence-electron chi connectivity index (χ1n) is 5.70. The van der Waals surface area contributed by atoms with Gasteiger partial charge in [-0.25, -0.2) is 13.6 Å². The molecule has 3 amide bonds. The molecule has 0 unspecified atom stereocenters. The minimum atomic E-state index is -3.79. The number of hydrogen-bond acceptors (Lipinski definition) is 6. The fraction of sp³-hybridized carbons (Fsp3) is 0.182. The number of carbonyl (C=O) groups is 3. The predicted molar refractivity (Wildman–Crippen MR) is 76.0 cm³/mol. The molecule has 0 bridgehead atoms. The van der Waals surface area contributed by atoms with E-state index in [0.717, 1.165) is 11.8 Å². The van der Waals surface area contributed by atoms with Crippen molar-refractivity contribution in [2.24, 2.45) is 5.14 Å². The number of anilines is 1. The second-order valence-electron chi connectivity index (χ2n) is 4.20. The van der Waals surface area contributed by atoms with Crippen LogP contribution in [0.4, 0.5) is 10.5 Å². The van der Waals surface area contributed by atoms with Gasteiger partial charge in [0.2, 0.25) is 21.8 Å². The van der Waals surface area contributed by atoms with E-state index in [-0.39, 0.29) is 11.3 Å². The van der Waals surface area contributed by atoms with E-state index in [1.807, 2.05) is 0 Å². The molecule has 0 saturated carbocycles. The molecule has 21 heavy (non-hydrogen) atoms. The molecule has 8 nitrogen and oxygen atoms in total. The standard InChI is InChI=1S/C11H11N3O5S2/c12-21(18,19)7-3-1-6(2-4-7)13-9(15)5-8-10(16)14-11(17)20-8/h1-4,8H,5H2,(H,13,15)(H2,12,18,19)(H,14,16,17)/t8-/m0/s1. The van der Waals surface area contributed by atoms with E-state index >= 15 is 0 Å². The van der Waals surface area contributed by atoms with Gasteiger partial charge in [0.1, 0.15) is 5.25 Å². The van der Waals surface area contributed by atoms with Gasteiger partial charge >= 0.3 is 0 Å². The summed E-state index contributed by atoms with van der Waals surface area (Å²) >= 11 is 0.762. The maximum Gasteiger partial charge on any atom is 0.286 e. The summed E-state index contributed by atoms with van der Waals surface area (Å²) in [4.78, 5) is 34.0. The summed E-state index contributed by atoms with van der Waals surface area (Å²) in [6, 6.07) is 5.27. The Hall–Kier alpha value is -1.91. The van der Waals surface area contributed by atoms with Gasteiger partial charge in [-0.05, 0) is 24.3 Å². The summed E-state index contributed by atoms with van der Waals surface area (Å²) in [5.74, 6) is -0.953. The topological polar surface area (TPSA) is 135 Å². The largest absolute Gasteiger partial charge is 0.326 e. The molecule has 0 aromatic heterocycles. The minimum absolute atomic E-state index is 0.0724. The van der Waals surface area contributed by atoms with Crippen molar-refractivity contribution in [3.63, 3.8) is 0 Å². The molecule has 0 radical (unpaired) electrons.